The maximum absolute atomic E-state index is 11.7. The van der Waals surface area contributed by atoms with Crippen molar-refractivity contribution in [2.75, 3.05) is 0 Å². The third-order valence-corrected chi connectivity index (χ3v) is 3.05. The van der Waals surface area contributed by atoms with Gasteiger partial charge in [-0.2, -0.15) is 0 Å². The Bertz CT molecular complexity index is 528. The highest BCUT2D eigenvalue weighted by molar-refractivity contribution is 5.94. The van der Waals surface area contributed by atoms with Crippen LogP contribution in [0, 0.1) is 6.92 Å². The van der Waals surface area contributed by atoms with Crippen molar-refractivity contribution in [3.63, 3.8) is 0 Å². The Balaban J connectivity index is 2.41. The van der Waals surface area contributed by atoms with Crippen LogP contribution >= 0.6 is 0 Å². The van der Waals surface area contributed by atoms with Crippen molar-refractivity contribution in [1.82, 2.24) is 10.6 Å². The molecule has 6 heteroatoms. The van der Waals surface area contributed by atoms with Crippen molar-refractivity contribution in [3.8, 4) is 0 Å². The lowest BCUT2D eigenvalue weighted by atomic mass is 10.0. The van der Waals surface area contributed by atoms with Crippen LogP contribution in [0.15, 0.2) is 24.3 Å². The minimum absolute atomic E-state index is 0.0124. The van der Waals surface area contributed by atoms with Crippen molar-refractivity contribution in [2.24, 2.45) is 0 Å². The van der Waals surface area contributed by atoms with Gasteiger partial charge < -0.3 is 10.4 Å². The number of aliphatic carboxylic acids is 1. The summed E-state index contributed by atoms with van der Waals surface area (Å²) in [6, 6.07) is 6.86. The second-order valence-corrected chi connectivity index (χ2v) is 4.85. The van der Waals surface area contributed by atoms with E-state index in [9.17, 15) is 14.4 Å². The number of aryl methyl sites for hydroxylation is 1. The van der Waals surface area contributed by atoms with Gasteiger partial charge in [-0.15, -0.1) is 0 Å². The predicted octanol–water partition coefficient (Wildman–Crippen LogP) is 2.14. The maximum Gasteiger partial charge on any atom is 0.321 e. The third-order valence-electron chi connectivity index (χ3n) is 3.05. The van der Waals surface area contributed by atoms with Gasteiger partial charge in [0, 0.05) is 12.8 Å². The molecule has 3 amide bonds. The fraction of sp³-hybridized carbons (Fsp3) is 0.400. The number of hydrogen-bond donors (Lipinski definition) is 3. The zero-order chi connectivity index (χ0) is 15.8. The summed E-state index contributed by atoms with van der Waals surface area (Å²) in [6.07, 6.45) is 0.134. The molecular formula is C15H20N2O4. The molecule has 0 aliphatic heterocycles. The van der Waals surface area contributed by atoms with E-state index >= 15 is 0 Å². The summed E-state index contributed by atoms with van der Waals surface area (Å²) in [5, 5.41) is 13.3. The minimum atomic E-state index is -0.958. The second kappa shape index (κ2) is 8.04. The number of imide groups is 1. The number of carbonyl (C=O) groups excluding carboxylic acids is 2. The molecule has 0 radical (unpaired) electrons. The number of carbonyl (C=O) groups is 3. The molecule has 0 saturated heterocycles. The monoisotopic (exact) mass is 292 g/mol. The van der Waals surface area contributed by atoms with Gasteiger partial charge in [-0.1, -0.05) is 24.3 Å². The molecule has 0 aliphatic rings. The van der Waals surface area contributed by atoms with Crippen LogP contribution < -0.4 is 10.6 Å². The summed E-state index contributed by atoms with van der Waals surface area (Å²) in [5.74, 6) is -1.44. The van der Waals surface area contributed by atoms with E-state index in [-0.39, 0.29) is 25.3 Å². The van der Waals surface area contributed by atoms with E-state index in [1.807, 2.05) is 38.1 Å². The second-order valence-electron chi connectivity index (χ2n) is 4.85. The van der Waals surface area contributed by atoms with Crippen molar-refractivity contribution in [2.45, 2.75) is 39.2 Å². The highest BCUT2D eigenvalue weighted by Gasteiger charge is 2.13. The molecule has 1 atom stereocenters. The Labute approximate surface area is 123 Å². The highest BCUT2D eigenvalue weighted by Crippen LogP contribution is 2.16. The number of rotatable bonds is 6. The summed E-state index contributed by atoms with van der Waals surface area (Å²) in [7, 11) is 0. The Morgan fingerprint density at radius 2 is 1.86 bits per heavy atom. The van der Waals surface area contributed by atoms with Crippen LogP contribution in [-0.4, -0.2) is 23.0 Å². The average molecular weight is 292 g/mol. The first-order chi connectivity index (χ1) is 9.90. The summed E-state index contributed by atoms with van der Waals surface area (Å²) < 4.78 is 0. The van der Waals surface area contributed by atoms with Gasteiger partial charge >= 0.3 is 12.0 Å². The fourth-order valence-corrected chi connectivity index (χ4v) is 1.97. The van der Waals surface area contributed by atoms with Gasteiger partial charge in [0.05, 0.1) is 6.04 Å². The highest BCUT2D eigenvalue weighted by atomic mass is 16.4. The lowest BCUT2D eigenvalue weighted by Crippen LogP contribution is -2.40. The fourth-order valence-electron chi connectivity index (χ4n) is 1.97. The number of hydrogen-bond acceptors (Lipinski definition) is 3. The van der Waals surface area contributed by atoms with Crippen LogP contribution in [0.4, 0.5) is 4.79 Å². The summed E-state index contributed by atoms with van der Waals surface area (Å²) in [4.78, 5) is 33.5. The molecule has 0 aliphatic carbocycles. The molecule has 1 unspecified atom stereocenters. The number of nitrogens with one attached hydrogen (secondary N) is 2. The molecular weight excluding hydrogens is 272 g/mol. The van der Waals surface area contributed by atoms with Crippen LogP contribution in [0.25, 0.3) is 0 Å². The molecule has 0 heterocycles. The van der Waals surface area contributed by atoms with Crippen molar-refractivity contribution in [1.29, 1.82) is 0 Å². The van der Waals surface area contributed by atoms with Gasteiger partial charge in [0.15, 0.2) is 0 Å². The van der Waals surface area contributed by atoms with Gasteiger partial charge in [0.1, 0.15) is 0 Å². The Hall–Kier alpha value is -2.37. The first-order valence-electron chi connectivity index (χ1n) is 6.78. The van der Waals surface area contributed by atoms with Gasteiger partial charge in [-0.25, -0.2) is 4.79 Å². The molecule has 6 nitrogen and oxygen atoms in total. The average Bonchev–Trinajstić information content (AvgIpc) is 2.38. The molecule has 3 N–H and O–H groups in total. The normalized spacial score (nSPS) is 11.5. The topological polar surface area (TPSA) is 95.5 Å². The van der Waals surface area contributed by atoms with Crippen LogP contribution in [-0.2, 0) is 9.59 Å². The van der Waals surface area contributed by atoms with Crippen LogP contribution in [0.1, 0.15) is 43.4 Å². The summed E-state index contributed by atoms with van der Waals surface area (Å²) >= 11 is 0. The number of carboxylic acids is 1. The number of urea groups is 1. The molecule has 1 aromatic rings. The van der Waals surface area contributed by atoms with Gasteiger partial charge in [-0.05, 0) is 31.4 Å². The Morgan fingerprint density at radius 3 is 2.48 bits per heavy atom. The smallest absolute Gasteiger partial charge is 0.321 e. The van der Waals surface area contributed by atoms with Gasteiger partial charge in [-0.3, -0.25) is 14.9 Å². The van der Waals surface area contributed by atoms with E-state index in [1.165, 1.54) is 0 Å². The Morgan fingerprint density at radius 1 is 1.19 bits per heavy atom. The molecule has 0 spiro atoms. The third kappa shape index (κ3) is 6.07. The van der Waals surface area contributed by atoms with E-state index in [2.05, 4.69) is 10.6 Å². The van der Waals surface area contributed by atoms with Crippen molar-refractivity contribution >= 4 is 17.9 Å². The zero-order valence-corrected chi connectivity index (χ0v) is 12.2. The van der Waals surface area contributed by atoms with E-state index in [1.54, 1.807) is 0 Å². The minimum Gasteiger partial charge on any atom is -0.481 e. The Kier molecular flexibility index (Phi) is 6.39. The standard InChI is InChI=1S/C15H20N2O4/c1-10-6-3-4-7-12(10)11(2)16-15(21)17-13(18)8-5-9-14(19)20/h3-4,6-7,11H,5,8-9H2,1-2H3,(H,19,20)(H2,16,17,18,21). The molecule has 0 bridgehead atoms. The molecule has 114 valence electrons. The lowest BCUT2D eigenvalue weighted by Gasteiger charge is -2.16. The SMILES string of the molecule is Cc1ccccc1C(C)NC(=O)NC(=O)CCCC(=O)O. The van der Waals surface area contributed by atoms with Gasteiger partial charge in [0.2, 0.25) is 5.91 Å². The van der Waals surface area contributed by atoms with E-state index < -0.39 is 17.9 Å². The van der Waals surface area contributed by atoms with Crippen LogP contribution in [0.3, 0.4) is 0 Å². The zero-order valence-electron chi connectivity index (χ0n) is 12.2. The number of amides is 3. The lowest BCUT2D eigenvalue weighted by molar-refractivity contribution is -0.137. The van der Waals surface area contributed by atoms with Crippen molar-refractivity contribution < 1.29 is 19.5 Å². The largest absolute Gasteiger partial charge is 0.481 e. The molecule has 1 aromatic carbocycles. The molecule has 0 fully saturated rings. The molecule has 0 saturated carbocycles. The summed E-state index contributed by atoms with van der Waals surface area (Å²) in [5.41, 5.74) is 2.03. The molecule has 21 heavy (non-hydrogen) atoms. The number of carboxylic acid groups (broad SMARTS) is 1. The van der Waals surface area contributed by atoms with E-state index in [4.69, 9.17) is 5.11 Å². The molecule has 0 aromatic heterocycles. The predicted molar refractivity (Wildman–Crippen MR) is 77.8 cm³/mol. The maximum atomic E-state index is 11.7. The first-order valence-corrected chi connectivity index (χ1v) is 6.78. The van der Waals surface area contributed by atoms with Crippen molar-refractivity contribution in [3.05, 3.63) is 35.4 Å². The van der Waals surface area contributed by atoms with Crippen LogP contribution in [0.5, 0.6) is 0 Å². The molecule has 1 rings (SSSR count). The number of benzene rings is 1. The van der Waals surface area contributed by atoms with E-state index in [0.29, 0.717) is 0 Å². The van der Waals surface area contributed by atoms with Crippen LogP contribution in [0.2, 0.25) is 0 Å². The quantitative estimate of drug-likeness (QED) is 0.748. The van der Waals surface area contributed by atoms with E-state index in [0.717, 1.165) is 11.1 Å². The van der Waals surface area contributed by atoms with Gasteiger partial charge in [0.25, 0.3) is 0 Å². The summed E-state index contributed by atoms with van der Waals surface area (Å²) in [6.45, 7) is 3.78. The first kappa shape index (κ1) is 16.7.